The molecule has 1 unspecified atom stereocenters. The first kappa shape index (κ1) is 12.1. The molecular formula is C13H13ClFNO. The number of anilines is 1. The van der Waals surface area contributed by atoms with E-state index in [-0.39, 0.29) is 22.5 Å². The van der Waals surface area contributed by atoms with Crippen LogP contribution in [0.4, 0.5) is 10.1 Å². The van der Waals surface area contributed by atoms with Gasteiger partial charge in [0.15, 0.2) is 5.82 Å². The number of rotatable bonds is 3. The van der Waals surface area contributed by atoms with Crippen molar-refractivity contribution in [1.29, 1.82) is 0 Å². The summed E-state index contributed by atoms with van der Waals surface area (Å²) in [6.07, 6.45) is 6.50. The van der Waals surface area contributed by atoms with Crippen molar-refractivity contribution in [2.24, 2.45) is 5.92 Å². The number of carbonyl (C=O) groups excluding carboxylic acids is 1. The van der Waals surface area contributed by atoms with Crippen LogP contribution in [0, 0.1) is 11.7 Å². The fourth-order valence-corrected chi connectivity index (χ4v) is 2.08. The van der Waals surface area contributed by atoms with Crippen LogP contribution >= 0.6 is 11.6 Å². The molecule has 0 bridgehead atoms. The van der Waals surface area contributed by atoms with Crippen LogP contribution in [0.1, 0.15) is 19.3 Å². The van der Waals surface area contributed by atoms with E-state index in [4.69, 9.17) is 11.6 Å². The highest BCUT2D eigenvalue weighted by atomic mass is 35.5. The highest BCUT2D eigenvalue weighted by Crippen LogP contribution is 2.24. The lowest BCUT2D eigenvalue weighted by atomic mass is 10.1. The average Bonchev–Trinajstić information content (AvgIpc) is 2.77. The predicted molar refractivity (Wildman–Crippen MR) is 66.5 cm³/mol. The Labute approximate surface area is 104 Å². The summed E-state index contributed by atoms with van der Waals surface area (Å²) < 4.78 is 13.5. The molecule has 90 valence electrons. The minimum Gasteiger partial charge on any atom is -0.324 e. The lowest BCUT2D eigenvalue weighted by Gasteiger charge is -2.09. The van der Waals surface area contributed by atoms with Gasteiger partial charge < -0.3 is 5.32 Å². The van der Waals surface area contributed by atoms with E-state index >= 15 is 0 Å². The molecule has 4 heteroatoms. The van der Waals surface area contributed by atoms with Gasteiger partial charge in [0, 0.05) is 6.42 Å². The monoisotopic (exact) mass is 253 g/mol. The molecule has 0 aromatic heterocycles. The van der Waals surface area contributed by atoms with Gasteiger partial charge in [-0.05, 0) is 30.9 Å². The van der Waals surface area contributed by atoms with E-state index in [0.29, 0.717) is 6.42 Å². The highest BCUT2D eigenvalue weighted by Gasteiger charge is 2.15. The van der Waals surface area contributed by atoms with Gasteiger partial charge in [-0.2, -0.15) is 0 Å². The third-order valence-corrected chi connectivity index (χ3v) is 3.08. The maximum atomic E-state index is 13.5. The number of benzene rings is 1. The van der Waals surface area contributed by atoms with Gasteiger partial charge in [-0.25, -0.2) is 4.39 Å². The topological polar surface area (TPSA) is 29.1 Å². The minimum absolute atomic E-state index is 0.0172. The molecule has 1 aliphatic rings. The lowest BCUT2D eigenvalue weighted by Crippen LogP contribution is -2.15. The number of hydrogen-bond donors (Lipinski definition) is 1. The summed E-state index contributed by atoms with van der Waals surface area (Å²) in [7, 11) is 0. The molecule has 0 spiro atoms. The summed E-state index contributed by atoms with van der Waals surface area (Å²) in [6, 6.07) is 4.56. The van der Waals surface area contributed by atoms with Gasteiger partial charge in [-0.1, -0.05) is 29.8 Å². The molecule has 0 saturated heterocycles. The second-order valence-corrected chi connectivity index (χ2v) is 4.53. The Morgan fingerprint density at radius 2 is 2.35 bits per heavy atom. The van der Waals surface area contributed by atoms with Crippen molar-refractivity contribution in [2.45, 2.75) is 19.3 Å². The van der Waals surface area contributed by atoms with Crippen molar-refractivity contribution in [1.82, 2.24) is 0 Å². The van der Waals surface area contributed by atoms with Crippen LogP contribution in [-0.4, -0.2) is 5.91 Å². The molecule has 1 aromatic rings. The second-order valence-electron chi connectivity index (χ2n) is 4.12. The van der Waals surface area contributed by atoms with Gasteiger partial charge in [-0.15, -0.1) is 0 Å². The largest absolute Gasteiger partial charge is 0.324 e. The fraction of sp³-hybridized carbons (Fsp3) is 0.308. The van der Waals surface area contributed by atoms with Gasteiger partial charge >= 0.3 is 0 Å². The fourth-order valence-electron chi connectivity index (χ4n) is 1.91. The highest BCUT2D eigenvalue weighted by molar-refractivity contribution is 6.31. The number of amides is 1. The number of halogens is 2. The van der Waals surface area contributed by atoms with Crippen LogP contribution in [0.3, 0.4) is 0 Å². The summed E-state index contributed by atoms with van der Waals surface area (Å²) in [5.74, 6) is -0.482. The smallest absolute Gasteiger partial charge is 0.225 e. The summed E-state index contributed by atoms with van der Waals surface area (Å²) in [4.78, 5) is 11.7. The molecule has 0 heterocycles. The van der Waals surface area contributed by atoms with Gasteiger partial charge in [0.2, 0.25) is 5.91 Å². The van der Waals surface area contributed by atoms with Crippen molar-refractivity contribution in [3.8, 4) is 0 Å². The van der Waals surface area contributed by atoms with E-state index in [1.807, 2.05) is 6.08 Å². The summed E-state index contributed by atoms with van der Waals surface area (Å²) in [6.45, 7) is 0. The van der Waals surface area contributed by atoms with Crippen molar-refractivity contribution in [3.63, 3.8) is 0 Å². The van der Waals surface area contributed by atoms with Crippen molar-refractivity contribution >= 4 is 23.2 Å². The van der Waals surface area contributed by atoms with E-state index < -0.39 is 5.82 Å². The van der Waals surface area contributed by atoms with Crippen molar-refractivity contribution < 1.29 is 9.18 Å². The number of hydrogen-bond acceptors (Lipinski definition) is 1. The van der Waals surface area contributed by atoms with Crippen LogP contribution in [0.2, 0.25) is 5.02 Å². The Morgan fingerprint density at radius 3 is 3.06 bits per heavy atom. The number of allylic oxidation sites excluding steroid dienone is 2. The maximum Gasteiger partial charge on any atom is 0.225 e. The molecule has 1 aromatic carbocycles. The molecule has 1 amide bonds. The lowest BCUT2D eigenvalue weighted by molar-refractivity contribution is -0.116. The third-order valence-electron chi connectivity index (χ3n) is 2.79. The first-order chi connectivity index (χ1) is 8.16. The zero-order chi connectivity index (χ0) is 12.3. The maximum absolute atomic E-state index is 13.5. The normalized spacial score (nSPS) is 18.4. The molecule has 0 aliphatic heterocycles. The zero-order valence-corrected chi connectivity index (χ0v) is 10.0. The summed E-state index contributed by atoms with van der Waals surface area (Å²) in [5.41, 5.74) is 0.143. The van der Waals surface area contributed by atoms with Crippen LogP contribution in [0.25, 0.3) is 0 Å². The van der Waals surface area contributed by atoms with Crippen LogP contribution in [0.15, 0.2) is 30.4 Å². The standard InChI is InChI=1S/C13H13ClFNO/c14-10-6-3-7-11(13(10)15)16-12(17)8-9-4-1-2-5-9/h1,3-4,6-7,9H,2,5,8H2,(H,16,17). The third kappa shape index (κ3) is 3.07. The Balaban J connectivity index is 1.98. The van der Waals surface area contributed by atoms with E-state index in [1.54, 1.807) is 6.07 Å². The molecule has 0 fully saturated rings. The van der Waals surface area contributed by atoms with Crippen molar-refractivity contribution in [3.05, 3.63) is 41.2 Å². The molecule has 0 radical (unpaired) electrons. The molecule has 1 atom stereocenters. The van der Waals surface area contributed by atoms with E-state index in [9.17, 15) is 9.18 Å². The van der Waals surface area contributed by atoms with Crippen LogP contribution < -0.4 is 5.32 Å². The quantitative estimate of drug-likeness (QED) is 0.817. The molecule has 17 heavy (non-hydrogen) atoms. The van der Waals surface area contributed by atoms with Gasteiger partial charge in [0.25, 0.3) is 0 Å². The van der Waals surface area contributed by atoms with Gasteiger partial charge in [-0.3, -0.25) is 4.79 Å². The Morgan fingerprint density at radius 1 is 1.53 bits per heavy atom. The molecular weight excluding hydrogens is 241 g/mol. The van der Waals surface area contributed by atoms with Gasteiger partial charge in [0.05, 0.1) is 10.7 Å². The zero-order valence-electron chi connectivity index (χ0n) is 9.25. The van der Waals surface area contributed by atoms with E-state index in [0.717, 1.165) is 12.8 Å². The molecule has 0 saturated carbocycles. The summed E-state index contributed by atoms with van der Waals surface area (Å²) >= 11 is 5.63. The van der Waals surface area contributed by atoms with E-state index in [1.165, 1.54) is 12.1 Å². The Hall–Kier alpha value is -1.35. The Kier molecular flexibility index (Phi) is 3.79. The van der Waals surface area contributed by atoms with Gasteiger partial charge in [0.1, 0.15) is 0 Å². The number of carbonyl (C=O) groups is 1. The summed E-state index contributed by atoms with van der Waals surface area (Å²) in [5, 5.41) is 2.56. The molecule has 1 N–H and O–H groups in total. The molecule has 1 aliphatic carbocycles. The van der Waals surface area contributed by atoms with Crippen LogP contribution in [0.5, 0.6) is 0 Å². The van der Waals surface area contributed by atoms with Crippen LogP contribution in [-0.2, 0) is 4.79 Å². The number of nitrogens with one attached hydrogen (secondary N) is 1. The first-order valence-electron chi connectivity index (χ1n) is 5.57. The molecule has 2 rings (SSSR count). The predicted octanol–water partition coefficient (Wildman–Crippen LogP) is 3.77. The average molecular weight is 254 g/mol. The van der Waals surface area contributed by atoms with E-state index in [2.05, 4.69) is 11.4 Å². The van der Waals surface area contributed by atoms with Crippen molar-refractivity contribution in [2.75, 3.05) is 5.32 Å². The Bertz CT molecular complexity index is 459. The molecule has 2 nitrogen and oxygen atoms in total. The second kappa shape index (κ2) is 5.32. The SMILES string of the molecule is O=C(CC1C=CCC1)Nc1cccc(Cl)c1F. The first-order valence-corrected chi connectivity index (χ1v) is 5.95. The minimum atomic E-state index is -0.579.